The maximum absolute atomic E-state index is 12.6. The minimum atomic E-state index is -3.62. The Kier molecular flexibility index (Phi) is 3.68. The van der Waals surface area contributed by atoms with E-state index in [1.807, 2.05) is 0 Å². The predicted octanol–water partition coefficient (Wildman–Crippen LogP) is 1.67. The van der Waals surface area contributed by atoms with E-state index in [9.17, 15) is 18.6 Å². The maximum atomic E-state index is 12.6. The second kappa shape index (κ2) is 5.39. The van der Waals surface area contributed by atoms with Crippen molar-refractivity contribution >= 4 is 10.0 Å². The van der Waals surface area contributed by atoms with Gasteiger partial charge >= 0.3 is 0 Å². The first-order valence-corrected chi connectivity index (χ1v) is 8.38. The number of aromatic hydroxyl groups is 1. The summed E-state index contributed by atoms with van der Waals surface area (Å²) in [5.74, 6) is 0.119. The molecular weight excluding hydrogens is 302 g/mol. The fourth-order valence-electron chi connectivity index (χ4n) is 2.86. The molecule has 0 amide bonds. The summed E-state index contributed by atoms with van der Waals surface area (Å²) in [6.07, 6.45) is -0.591. The van der Waals surface area contributed by atoms with Crippen LogP contribution in [0.4, 0.5) is 0 Å². The van der Waals surface area contributed by atoms with Crippen LogP contribution in [0.1, 0.15) is 17.2 Å². The predicted molar refractivity (Wildman–Crippen MR) is 81.9 cm³/mol. The molecule has 0 spiro atoms. The molecule has 2 aromatic carbocycles. The van der Waals surface area contributed by atoms with E-state index < -0.39 is 22.2 Å². The van der Waals surface area contributed by atoms with Crippen LogP contribution in [-0.4, -0.2) is 36.0 Å². The lowest BCUT2D eigenvalue weighted by atomic mass is 9.96. The molecule has 22 heavy (non-hydrogen) atoms. The number of sulfonamides is 1. The van der Waals surface area contributed by atoms with E-state index >= 15 is 0 Å². The first kappa shape index (κ1) is 15.0. The Balaban J connectivity index is 2.03. The average Bonchev–Trinajstić information content (AvgIpc) is 2.50. The van der Waals surface area contributed by atoms with Gasteiger partial charge in [-0.1, -0.05) is 30.3 Å². The van der Waals surface area contributed by atoms with E-state index in [0.717, 1.165) is 5.56 Å². The van der Waals surface area contributed by atoms with Crippen molar-refractivity contribution in [3.63, 3.8) is 0 Å². The number of likely N-dealkylation sites (N-methyl/N-ethyl adjacent to an activating group) is 1. The van der Waals surface area contributed by atoms with Gasteiger partial charge in [0.05, 0.1) is 17.0 Å². The van der Waals surface area contributed by atoms with Gasteiger partial charge in [-0.3, -0.25) is 0 Å². The van der Waals surface area contributed by atoms with Crippen LogP contribution in [0.2, 0.25) is 0 Å². The summed E-state index contributed by atoms with van der Waals surface area (Å²) in [4.78, 5) is 0.150. The van der Waals surface area contributed by atoms with Gasteiger partial charge in [0.15, 0.2) is 0 Å². The Morgan fingerprint density at radius 3 is 2.59 bits per heavy atom. The first-order chi connectivity index (χ1) is 10.4. The van der Waals surface area contributed by atoms with Crippen molar-refractivity contribution in [2.45, 2.75) is 23.5 Å². The smallest absolute Gasteiger partial charge is 0.243 e. The molecule has 0 saturated carbocycles. The first-order valence-electron chi connectivity index (χ1n) is 6.94. The summed E-state index contributed by atoms with van der Waals surface area (Å²) in [6, 6.07) is 12.5. The number of hydrogen-bond acceptors (Lipinski definition) is 4. The van der Waals surface area contributed by atoms with Crippen LogP contribution in [0.15, 0.2) is 53.4 Å². The van der Waals surface area contributed by atoms with Crippen LogP contribution < -0.4 is 0 Å². The minimum absolute atomic E-state index is 0.119. The van der Waals surface area contributed by atoms with Crippen LogP contribution in [0.25, 0.3) is 0 Å². The third-order valence-corrected chi connectivity index (χ3v) is 6.04. The molecule has 1 heterocycles. The number of fused-ring (bicyclic) bond motifs is 1. The number of aliphatic hydroxyl groups is 1. The van der Waals surface area contributed by atoms with E-state index in [4.69, 9.17) is 0 Å². The Labute approximate surface area is 129 Å². The van der Waals surface area contributed by atoms with Crippen molar-refractivity contribution < 1.29 is 18.6 Å². The van der Waals surface area contributed by atoms with Gasteiger partial charge in [-0.15, -0.1) is 0 Å². The Morgan fingerprint density at radius 1 is 1.14 bits per heavy atom. The van der Waals surface area contributed by atoms with Crippen molar-refractivity contribution in [2.75, 3.05) is 7.05 Å². The molecule has 1 aliphatic rings. The van der Waals surface area contributed by atoms with Crippen LogP contribution >= 0.6 is 0 Å². The topological polar surface area (TPSA) is 77.8 Å². The van der Waals surface area contributed by atoms with Gasteiger partial charge in [-0.25, -0.2) is 8.42 Å². The van der Waals surface area contributed by atoms with Gasteiger partial charge in [0.1, 0.15) is 5.75 Å². The summed E-state index contributed by atoms with van der Waals surface area (Å²) in [6.45, 7) is 0. The Hall–Kier alpha value is -1.89. The normalized spacial score (nSPS) is 23.9. The van der Waals surface area contributed by atoms with Gasteiger partial charge in [0, 0.05) is 12.6 Å². The Bertz CT molecular complexity index is 803. The summed E-state index contributed by atoms with van der Waals surface area (Å²) in [7, 11) is -2.15. The zero-order chi connectivity index (χ0) is 15.9. The van der Waals surface area contributed by atoms with Gasteiger partial charge in [0.25, 0.3) is 0 Å². The molecule has 0 fully saturated rings. The fraction of sp³-hybridized carbons (Fsp3) is 0.250. The molecule has 2 unspecified atom stereocenters. The van der Waals surface area contributed by atoms with Crippen LogP contribution in [0.5, 0.6) is 5.75 Å². The van der Waals surface area contributed by atoms with Crippen LogP contribution in [0, 0.1) is 0 Å². The molecule has 5 nitrogen and oxygen atoms in total. The van der Waals surface area contributed by atoms with Gasteiger partial charge in [0.2, 0.25) is 10.0 Å². The number of phenolic OH excluding ortho intramolecular Hbond substituents is 1. The van der Waals surface area contributed by atoms with E-state index in [2.05, 4.69) is 0 Å². The molecule has 3 rings (SSSR count). The molecule has 2 atom stereocenters. The number of aliphatic hydroxyl groups excluding tert-OH is 1. The SMILES string of the molecule is CN1C(Cc2cccc(O)c2)C(O)c2ccccc2S1(=O)=O. The zero-order valence-corrected chi connectivity index (χ0v) is 12.9. The number of hydrogen-bond donors (Lipinski definition) is 2. The highest BCUT2D eigenvalue weighted by Crippen LogP contribution is 2.37. The lowest BCUT2D eigenvalue weighted by Crippen LogP contribution is -2.46. The molecule has 6 heteroatoms. The van der Waals surface area contributed by atoms with Gasteiger partial charge < -0.3 is 10.2 Å². The second-order valence-electron chi connectivity index (χ2n) is 5.45. The highest BCUT2D eigenvalue weighted by molar-refractivity contribution is 7.89. The highest BCUT2D eigenvalue weighted by Gasteiger charge is 2.41. The van der Waals surface area contributed by atoms with E-state index in [1.54, 1.807) is 42.5 Å². The third-order valence-electron chi connectivity index (χ3n) is 4.08. The minimum Gasteiger partial charge on any atom is -0.508 e. The standard InChI is InChI=1S/C16H17NO4S/c1-17-14(10-11-5-4-6-12(18)9-11)16(19)13-7-2-3-8-15(13)22(17,20)21/h2-9,14,16,18-19H,10H2,1H3. The molecule has 0 aromatic heterocycles. The number of rotatable bonds is 2. The summed E-state index contributed by atoms with van der Waals surface area (Å²) < 4.78 is 26.4. The van der Waals surface area contributed by atoms with E-state index in [0.29, 0.717) is 12.0 Å². The number of benzene rings is 2. The average molecular weight is 319 g/mol. The maximum Gasteiger partial charge on any atom is 0.243 e. The molecule has 0 aliphatic carbocycles. The van der Waals surface area contributed by atoms with Crippen molar-refractivity contribution in [3.05, 3.63) is 59.7 Å². The van der Waals surface area contributed by atoms with Crippen molar-refractivity contribution in [1.82, 2.24) is 4.31 Å². The monoisotopic (exact) mass is 319 g/mol. The molecule has 2 aromatic rings. The van der Waals surface area contributed by atoms with Gasteiger partial charge in [-0.2, -0.15) is 4.31 Å². The quantitative estimate of drug-likeness (QED) is 0.883. The summed E-state index contributed by atoms with van der Waals surface area (Å²) in [5, 5.41) is 20.1. The molecule has 0 saturated heterocycles. The largest absolute Gasteiger partial charge is 0.508 e. The molecule has 116 valence electrons. The highest BCUT2D eigenvalue weighted by atomic mass is 32.2. The number of phenols is 1. The summed E-state index contributed by atoms with van der Waals surface area (Å²) in [5.41, 5.74) is 1.19. The van der Waals surface area contributed by atoms with Crippen molar-refractivity contribution in [1.29, 1.82) is 0 Å². The van der Waals surface area contributed by atoms with Crippen molar-refractivity contribution in [2.24, 2.45) is 0 Å². The second-order valence-corrected chi connectivity index (χ2v) is 7.41. The third kappa shape index (κ3) is 2.39. The number of nitrogens with zero attached hydrogens (tertiary/aromatic N) is 1. The fourth-order valence-corrected chi connectivity index (χ4v) is 4.46. The Morgan fingerprint density at radius 2 is 1.86 bits per heavy atom. The van der Waals surface area contributed by atoms with Crippen LogP contribution in [-0.2, 0) is 16.4 Å². The molecule has 2 N–H and O–H groups in total. The molecular formula is C16H17NO4S. The molecule has 0 bridgehead atoms. The van der Waals surface area contributed by atoms with Gasteiger partial charge in [-0.05, 0) is 30.2 Å². The van der Waals surface area contributed by atoms with Crippen molar-refractivity contribution in [3.8, 4) is 5.75 Å². The zero-order valence-electron chi connectivity index (χ0n) is 12.0. The van der Waals surface area contributed by atoms with E-state index in [1.165, 1.54) is 17.4 Å². The van der Waals surface area contributed by atoms with E-state index in [-0.39, 0.29) is 10.6 Å². The lowest BCUT2D eigenvalue weighted by molar-refractivity contribution is 0.0891. The molecule has 1 aliphatic heterocycles. The van der Waals surface area contributed by atoms with Crippen LogP contribution in [0.3, 0.4) is 0 Å². The molecule has 0 radical (unpaired) electrons. The lowest BCUT2D eigenvalue weighted by Gasteiger charge is -2.37. The summed E-state index contributed by atoms with van der Waals surface area (Å²) >= 11 is 0.